The SMILES string of the molecule is OC1(CCc2cc(Cl)cnc2F)CC1. The van der Waals surface area contributed by atoms with Crippen LogP contribution in [-0.2, 0) is 6.42 Å². The number of hydrogen-bond acceptors (Lipinski definition) is 2. The van der Waals surface area contributed by atoms with Gasteiger partial charge in [0.25, 0.3) is 0 Å². The molecule has 14 heavy (non-hydrogen) atoms. The summed E-state index contributed by atoms with van der Waals surface area (Å²) in [5.41, 5.74) is -0.0628. The molecule has 1 N–H and O–H groups in total. The Kier molecular flexibility index (Phi) is 2.45. The largest absolute Gasteiger partial charge is 0.390 e. The first-order valence-electron chi connectivity index (χ1n) is 4.61. The number of hydrogen-bond donors (Lipinski definition) is 1. The topological polar surface area (TPSA) is 33.1 Å². The summed E-state index contributed by atoms with van der Waals surface area (Å²) < 4.78 is 13.1. The van der Waals surface area contributed by atoms with Crippen molar-refractivity contribution in [1.29, 1.82) is 0 Å². The lowest BCUT2D eigenvalue weighted by molar-refractivity contribution is 0.140. The first-order valence-corrected chi connectivity index (χ1v) is 4.99. The molecule has 1 aromatic rings. The lowest BCUT2D eigenvalue weighted by Gasteiger charge is -2.07. The minimum Gasteiger partial charge on any atom is -0.390 e. The van der Waals surface area contributed by atoms with E-state index in [0.29, 0.717) is 23.4 Å². The van der Waals surface area contributed by atoms with E-state index in [9.17, 15) is 9.50 Å². The molecule has 4 heteroatoms. The average Bonchev–Trinajstić information content (AvgIpc) is 2.87. The molecule has 1 saturated carbocycles. The zero-order valence-corrected chi connectivity index (χ0v) is 8.39. The predicted octanol–water partition coefficient (Wildman–Crippen LogP) is 2.33. The van der Waals surface area contributed by atoms with E-state index in [-0.39, 0.29) is 0 Å². The quantitative estimate of drug-likeness (QED) is 0.786. The minimum atomic E-state index is -0.547. The number of rotatable bonds is 3. The van der Waals surface area contributed by atoms with Crippen molar-refractivity contribution in [2.75, 3.05) is 0 Å². The normalized spacial score (nSPS) is 18.2. The molecule has 0 spiro atoms. The van der Waals surface area contributed by atoms with Gasteiger partial charge in [0.2, 0.25) is 5.95 Å². The lowest BCUT2D eigenvalue weighted by atomic mass is 10.1. The van der Waals surface area contributed by atoms with Crippen LogP contribution in [0.15, 0.2) is 12.3 Å². The van der Waals surface area contributed by atoms with Crippen molar-refractivity contribution in [2.45, 2.75) is 31.3 Å². The first kappa shape index (κ1) is 9.87. The molecule has 1 aliphatic carbocycles. The molecule has 2 rings (SSSR count). The van der Waals surface area contributed by atoms with Gasteiger partial charge >= 0.3 is 0 Å². The summed E-state index contributed by atoms with van der Waals surface area (Å²) in [5.74, 6) is -0.487. The van der Waals surface area contributed by atoms with Gasteiger partial charge in [0, 0.05) is 11.8 Å². The van der Waals surface area contributed by atoms with Crippen molar-refractivity contribution in [3.05, 3.63) is 28.8 Å². The van der Waals surface area contributed by atoms with Gasteiger partial charge in [0.1, 0.15) is 0 Å². The van der Waals surface area contributed by atoms with E-state index in [0.717, 1.165) is 12.8 Å². The lowest BCUT2D eigenvalue weighted by Crippen LogP contribution is -2.08. The molecule has 1 heterocycles. The van der Waals surface area contributed by atoms with Crippen LogP contribution in [0.2, 0.25) is 5.02 Å². The van der Waals surface area contributed by atoms with Crippen molar-refractivity contribution in [2.24, 2.45) is 0 Å². The summed E-state index contributed by atoms with van der Waals surface area (Å²) in [5, 5.41) is 10.0. The Labute approximate surface area is 86.7 Å². The average molecular weight is 216 g/mol. The van der Waals surface area contributed by atoms with Crippen molar-refractivity contribution >= 4 is 11.6 Å². The molecule has 0 bridgehead atoms. The van der Waals surface area contributed by atoms with E-state index in [2.05, 4.69) is 4.98 Å². The predicted molar refractivity (Wildman–Crippen MR) is 51.7 cm³/mol. The fourth-order valence-electron chi connectivity index (χ4n) is 1.40. The molecular formula is C10H11ClFNO. The third-order valence-corrected chi connectivity index (χ3v) is 2.77. The minimum absolute atomic E-state index is 0.434. The highest BCUT2D eigenvalue weighted by Crippen LogP contribution is 2.39. The summed E-state index contributed by atoms with van der Waals surface area (Å²) in [6.45, 7) is 0. The summed E-state index contributed by atoms with van der Waals surface area (Å²) in [6, 6.07) is 1.57. The van der Waals surface area contributed by atoms with Gasteiger partial charge in [-0.15, -0.1) is 0 Å². The van der Waals surface area contributed by atoms with E-state index in [1.807, 2.05) is 0 Å². The number of halogens is 2. The van der Waals surface area contributed by atoms with Crippen LogP contribution in [0.5, 0.6) is 0 Å². The van der Waals surface area contributed by atoms with E-state index < -0.39 is 11.5 Å². The molecule has 1 aromatic heterocycles. The van der Waals surface area contributed by atoms with Crippen LogP contribution in [0.3, 0.4) is 0 Å². The van der Waals surface area contributed by atoms with Gasteiger partial charge in [-0.2, -0.15) is 4.39 Å². The maximum absolute atomic E-state index is 13.1. The highest BCUT2D eigenvalue weighted by atomic mass is 35.5. The van der Waals surface area contributed by atoms with Gasteiger partial charge in [-0.25, -0.2) is 4.98 Å². The number of aromatic nitrogens is 1. The van der Waals surface area contributed by atoms with Crippen molar-refractivity contribution in [1.82, 2.24) is 4.98 Å². The van der Waals surface area contributed by atoms with Gasteiger partial charge < -0.3 is 5.11 Å². The molecule has 0 aromatic carbocycles. The zero-order valence-electron chi connectivity index (χ0n) is 7.63. The molecule has 0 radical (unpaired) electrons. The van der Waals surface area contributed by atoms with Crippen molar-refractivity contribution in [3.8, 4) is 0 Å². The van der Waals surface area contributed by atoms with Crippen LogP contribution >= 0.6 is 11.6 Å². The third kappa shape index (κ3) is 2.22. The Hall–Kier alpha value is -0.670. The summed E-state index contributed by atoms with van der Waals surface area (Å²) in [6.07, 6.45) is 4.01. The third-order valence-electron chi connectivity index (χ3n) is 2.57. The second-order valence-electron chi connectivity index (χ2n) is 3.83. The first-order chi connectivity index (χ1) is 6.59. The molecule has 0 amide bonds. The Morgan fingerprint density at radius 1 is 1.57 bits per heavy atom. The molecule has 0 saturated heterocycles. The Morgan fingerprint density at radius 3 is 2.93 bits per heavy atom. The van der Waals surface area contributed by atoms with Crippen LogP contribution in [0.4, 0.5) is 4.39 Å². The van der Waals surface area contributed by atoms with E-state index in [4.69, 9.17) is 11.6 Å². The molecule has 1 fully saturated rings. The highest BCUT2D eigenvalue weighted by molar-refractivity contribution is 6.30. The summed E-state index contributed by atoms with van der Waals surface area (Å²) >= 11 is 5.69. The van der Waals surface area contributed by atoms with E-state index in [1.54, 1.807) is 6.07 Å². The second kappa shape index (κ2) is 3.48. The maximum atomic E-state index is 13.1. The number of pyridine rings is 1. The standard InChI is InChI=1S/C10H11ClFNO/c11-8-5-7(9(12)13-6-8)1-2-10(14)3-4-10/h5-6,14H,1-4H2. The summed E-state index contributed by atoms with van der Waals surface area (Å²) in [7, 11) is 0. The van der Waals surface area contributed by atoms with Gasteiger partial charge in [-0.05, 0) is 31.7 Å². The van der Waals surface area contributed by atoms with Crippen molar-refractivity contribution < 1.29 is 9.50 Å². The maximum Gasteiger partial charge on any atom is 0.216 e. The molecule has 0 unspecified atom stereocenters. The molecule has 0 aliphatic heterocycles. The molecular weight excluding hydrogens is 205 g/mol. The number of nitrogens with zero attached hydrogens (tertiary/aromatic N) is 1. The van der Waals surface area contributed by atoms with Crippen molar-refractivity contribution in [3.63, 3.8) is 0 Å². The Bertz CT molecular complexity index is 352. The van der Waals surface area contributed by atoms with Gasteiger partial charge in [-0.3, -0.25) is 0 Å². The second-order valence-corrected chi connectivity index (χ2v) is 4.26. The summed E-state index contributed by atoms with van der Waals surface area (Å²) in [4.78, 5) is 3.52. The van der Waals surface area contributed by atoms with Crippen LogP contribution in [0.25, 0.3) is 0 Å². The smallest absolute Gasteiger partial charge is 0.216 e. The van der Waals surface area contributed by atoms with Gasteiger partial charge in [0.15, 0.2) is 0 Å². The molecule has 2 nitrogen and oxygen atoms in total. The van der Waals surface area contributed by atoms with E-state index in [1.165, 1.54) is 6.20 Å². The highest BCUT2D eigenvalue weighted by Gasteiger charge is 2.39. The Balaban J connectivity index is 2.04. The fourth-order valence-corrected chi connectivity index (χ4v) is 1.58. The molecule has 1 aliphatic rings. The van der Waals surface area contributed by atoms with Crippen LogP contribution in [0.1, 0.15) is 24.8 Å². The van der Waals surface area contributed by atoms with Crippen LogP contribution in [0, 0.1) is 5.95 Å². The van der Waals surface area contributed by atoms with Gasteiger partial charge in [0.05, 0.1) is 10.6 Å². The fraction of sp³-hybridized carbons (Fsp3) is 0.500. The number of aryl methyl sites for hydroxylation is 1. The van der Waals surface area contributed by atoms with Crippen LogP contribution < -0.4 is 0 Å². The monoisotopic (exact) mass is 215 g/mol. The zero-order chi connectivity index (χ0) is 10.2. The van der Waals surface area contributed by atoms with E-state index >= 15 is 0 Å². The number of aliphatic hydroxyl groups is 1. The molecule has 76 valence electrons. The Morgan fingerprint density at radius 2 is 2.29 bits per heavy atom. The van der Waals surface area contributed by atoms with Crippen LogP contribution in [-0.4, -0.2) is 15.7 Å². The molecule has 0 atom stereocenters. The van der Waals surface area contributed by atoms with Gasteiger partial charge in [-0.1, -0.05) is 11.6 Å².